The molecule has 1 aromatic rings. The molecular weight excluding hydrogens is 236 g/mol. The number of rotatable bonds is 5. The molecule has 0 radical (unpaired) electrons. The molecule has 1 aromatic carbocycles. The number of aliphatic hydroxyl groups is 1. The van der Waals surface area contributed by atoms with E-state index < -0.39 is 0 Å². The Kier molecular flexibility index (Phi) is 4.30. The summed E-state index contributed by atoms with van der Waals surface area (Å²) in [5.74, 6) is 1.03. The topological polar surface area (TPSA) is 29.5 Å². The average molecular weight is 255 g/mol. The van der Waals surface area contributed by atoms with Crippen LogP contribution in [0.5, 0.6) is 5.75 Å². The molecule has 0 saturated heterocycles. The van der Waals surface area contributed by atoms with Crippen LogP contribution in [-0.4, -0.2) is 17.8 Å². The molecule has 0 aromatic heterocycles. The van der Waals surface area contributed by atoms with Gasteiger partial charge in [0, 0.05) is 11.4 Å². The van der Waals surface area contributed by atoms with Gasteiger partial charge < -0.3 is 9.84 Å². The fraction of sp³-hybridized carbons (Fsp3) is 0.571. The molecule has 1 atom stereocenters. The zero-order valence-corrected chi connectivity index (χ0v) is 11.0. The molecule has 1 unspecified atom stereocenters. The van der Waals surface area contributed by atoms with Gasteiger partial charge in [-0.1, -0.05) is 18.5 Å². The highest BCUT2D eigenvalue weighted by Crippen LogP contribution is 2.33. The van der Waals surface area contributed by atoms with Crippen molar-refractivity contribution in [3.63, 3.8) is 0 Å². The van der Waals surface area contributed by atoms with Gasteiger partial charge in [0.25, 0.3) is 0 Å². The van der Waals surface area contributed by atoms with Crippen LogP contribution >= 0.6 is 11.6 Å². The molecule has 94 valence electrons. The molecule has 1 aliphatic heterocycles. The van der Waals surface area contributed by atoms with Gasteiger partial charge in [-0.25, -0.2) is 0 Å². The Morgan fingerprint density at radius 1 is 1.47 bits per heavy atom. The van der Waals surface area contributed by atoms with Crippen molar-refractivity contribution in [3.05, 3.63) is 28.3 Å². The van der Waals surface area contributed by atoms with Gasteiger partial charge in [0.05, 0.1) is 12.7 Å². The number of benzene rings is 1. The maximum atomic E-state index is 9.53. The Morgan fingerprint density at radius 3 is 3.06 bits per heavy atom. The van der Waals surface area contributed by atoms with Crippen molar-refractivity contribution in [1.29, 1.82) is 0 Å². The monoisotopic (exact) mass is 254 g/mol. The summed E-state index contributed by atoms with van der Waals surface area (Å²) < 4.78 is 5.65. The van der Waals surface area contributed by atoms with Crippen LogP contribution in [0.4, 0.5) is 0 Å². The van der Waals surface area contributed by atoms with Crippen molar-refractivity contribution in [2.45, 2.75) is 45.1 Å². The number of ether oxygens (including phenoxy) is 1. The van der Waals surface area contributed by atoms with Gasteiger partial charge in [0.1, 0.15) is 5.75 Å². The minimum atomic E-state index is -0.178. The van der Waals surface area contributed by atoms with Crippen molar-refractivity contribution in [3.8, 4) is 5.75 Å². The normalized spacial score (nSPS) is 15.5. The molecule has 0 saturated carbocycles. The summed E-state index contributed by atoms with van der Waals surface area (Å²) in [5, 5.41) is 10.3. The smallest absolute Gasteiger partial charge is 0.125 e. The van der Waals surface area contributed by atoms with E-state index >= 15 is 0 Å². The second kappa shape index (κ2) is 5.74. The maximum Gasteiger partial charge on any atom is 0.125 e. The summed E-state index contributed by atoms with van der Waals surface area (Å²) in [6, 6.07) is 3.98. The first kappa shape index (κ1) is 12.7. The molecule has 1 heterocycles. The highest BCUT2D eigenvalue weighted by Gasteiger charge is 2.17. The van der Waals surface area contributed by atoms with Crippen molar-refractivity contribution < 1.29 is 9.84 Å². The minimum Gasteiger partial charge on any atom is -0.493 e. The summed E-state index contributed by atoms with van der Waals surface area (Å²) in [6.45, 7) is 2.77. The molecule has 0 spiro atoms. The summed E-state index contributed by atoms with van der Waals surface area (Å²) in [6.07, 6.45) is 4.36. The second-order valence-electron chi connectivity index (χ2n) is 4.61. The van der Waals surface area contributed by atoms with Crippen LogP contribution in [-0.2, 0) is 12.8 Å². The molecule has 0 bridgehead atoms. The van der Waals surface area contributed by atoms with Crippen LogP contribution in [0, 0.1) is 0 Å². The Bertz CT molecular complexity index is 390. The summed E-state index contributed by atoms with van der Waals surface area (Å²) in [4.78, 5) is 0. The van der Waals surface area contributed by atoms with Crippen molar-refractivity contribution >= 4 is 11.6 Å². The zero-order chi connectivity index (χ0) is 12.3. The predicted octanol–water partition coefficient (Wildman–Crippen LogP) is 3.37. The van der Waals surface area contributed by atoms with Crippen LogP contribution in [0.3, 0.4) is 0 Å². The Morgan fingerprint density at radius 2 is 2.29 bits per heavy atom. The number of halogens is 1. The number of fused-ring (bicyclic) bond motifs is 1. The highest BCUT2D eigenvalue weighted by atomic mass is 35.5. The van der Waals surface area contributed by atoms with E-state index in [4.69, 9.17) is 16.3 Å². The second-order valence-corrected chi connectivity index (χ2v) is 5.04. The molecule has 0 fully saturated rings. The first-order chi connectivity index (χ1) is 8.20. The van der Waals surface area contributed by atoms with Crippen LogP contribution in [0.1, 0.15) is 37.3 Å². The first-order valence-corrected chi connectivity index (χ1v) is 6.70. The summed E-state index contributed by atoms with van der Waals surface area (Å²) in [5.41, 5.74) is 2.41. The minimum absolute atomic E-state index is 0.178. The van der Waals surface area contributed by atoms with Gasteiger partial charge >= 0.3 is 0 Å². The molecule has 2 rings (SSSR count). The van der Waals surface area contributed by atoms with E-state index in [1.807, 2.05) is 19.1 Å². The fourth-order valence-electron chi connectivity index (χ4n) is 2.26. The van der Waals surface area contributed by atoms with E-state index in [1.54, 1.807) is 0 Å². The van der Waals surface area contributed by atoms with Gasteiger partial charge in [-0.05, 0) is 48.9 Å². The maximum absolute atomic E-state index is 9.53. The average Bonchev–Trinajstić information content (AvgIpc) is 2.76. The zero-order valence-electron chi connectivity index (χ0n) is 10.2. The van der Waals surface area contributed by atoms with Crippen molar-refractivity contribution in [1.82, 2.24) is 0 Å². The Hall–Kier alpha value is -0.730. The summed E-state index contributed by atoms with van der Waals surface area (Å²) >= 11 is 6.09. The van der Waals surface area contributed by atoms with Gasteiger partial charge in [-0.2, -0.15) is 0 Å². The third kappa shape index (κ3) is 3.14. The summed E-state index contributed by atoms with van der Waals surface area (Å²) in [7, 11) is 0. The van der Waals surface area contributed by atoms with Crippen LogP contribution < -0.4 is 4.74 Å². The number of hydrogen-bond acceptors (Lipinski definition) is 2. The van der Waals surface area contributed by atoms with E-state index in [2.05, 4.69) is 0 Å². The van der Waals surface area contributed by atoms with Gasteiger partial charge in [0.15, 0.2) is 0 Å². The largest absolute Gasteiger partial charge is 0.493 e. The molecule has 1 aliphatic rings. The Labute approximate surface area is 108 Å². The third-order valence-corrected chi connectivity index (χ3v) is 3.50. The highest BCUT2D eigenvalue weighted by molar-refractivity contribution is 6.30. The fourth-order valence-corrected chi connectivity index (χ4v) is 2.53. The molecule has 0 amide bonds. The van der Waals surface area contributed by atoms with E-state index in [9.17, 15) is 5.11 Å². The number of hydrogen-bond donors (Lipinski definition) is 1. The van der Waals surface area contributed by atoms with Crippen LogP contribution in [0.25, 0.3) is 0 Å². The molecular formula is C14H19ClO2. The first-order valence-electron chi connectivity index (χ1n) is 6.33. The van der Waals surface area contributed by atoms with E-state index in [0.717, 1.165) is 49.5 Å². The van der Waals surface area contributed by atoms with Crippen molar-refractivity contribution in [2.24, 2.45) is 0 Å². The number of aliphatic hydroxyl groups excluding tert-OH is 1. The van der Waals surface area contributed by atoms with Crippen molar-refractivity contribution in [2.75, 3.05) is 6.61 Å². The quantitative estimate of drug-likeness (QED) is 0.873. The van der Waals surface area contributed by atoms with Crippen LogP contribution in [0.2, 0.25) is 5.02 Å². The molecule has 1 N–H and O–H groups in total. The van der Waals surface area contributed by atoms with E-state index in [-0.39, 0.29) is 6.10 Å². The van der Waals surface area contributed by atoms with Crippen LogP contribution in [0.15, 0.2) is 12.1 Å². The Balaban J connectivity index is 2.01. The lowest BCUT2D eigenvalue weighted by Gasteiger charge is -2.10. The van der Waals surface area contributed by atoms with Gasteiger partial charge in [-0.3, -0.25) is 0 Å². The lowest BCUT2D eigenvalue weighted by atomic mass is 10.0. The molecule has 3 heteroatoms. The standard InChI is InChI=1S/C14H19ClO2/c1-2-13(16)5-3-4-10-8-12(15)9-11-6-7-17-14(10)11/h8-9,13,16H,2-7H2,1H3. The lowest BCUT2D eigenvalue weighted by Crippen LogP contribution is -2.04. The molecule has 2 nitrogen and oxygen atoms in total. The SMILES string of the molecule is CCC(O)CCCc1cc(Cl)cc2c1OCC2. The predicted molar refractivity (Wildman–Crippen MR) is 69.9 cm³/mol. The van der Waals surface area contributed by atoms with Gasteiger partial charge in [-0.15, -0.1) is 0 Å². The number of aryl methyl sites for hydroxylation is 1. The molecule has 0 aliphatic carbocycles. The third-order valence-electron chi connectivity index (χ3n) is 3.28. The van der Waals surface area contributed by atoms with E-state index in [1.165, 1.54) is 11.1 Å². The molecule has 17 heavy (non-hydrogen) atoms. The van der Waals surface area contributed by atoms with E-state index in [0.29, 0.717) is 0 Å². The van der Waals surface area contributed by atoms with Gasteiger partial charge in [0.2, 0.25) is 0 Å². The lowest BCUT2D eigenvalue weighted by molar-refractivity contribution is 0.157.